The summed E-state index contributed by atoms with van der Waals surface area (Å²) in [5.41, 5.74) is 3.29. The van der Waals surface area contributed by atoms with Crippen LogP contribution in [-0.4, -0.2) is 27.3 Å². The lowest BCUT2D eigenvalue weighted by atomic mass is 9.70. The molecule has 2 aliphatic rings. The highest BCUT2D eigenvalue weighted by Crippen LogP contribution is 2.41. The van der Waals surface area contributed by atoms with Gasteiger partial charge in [-0.25, -0.2) is 4.79 Å². The minimum Gasteiger partial charge on any atom is -0.391 e. The minimum atomic E-state index is -1.70. The number of aliphatic hydroxyl groups is 2. The van der Waals surface area contributed by atoms with Crippen LogP contribution in [0.2, 0.25) is 0 Å². The zero-order valence-electron chi connectivity index (χ0n) is 21.2. The summed E-state index contributed by atoms with van der Waals surface area (Å²) in [5, 5.41) is 32.0. The molecule has 0 saturated heterocycles. The summed E-state index contributed by atoms with van der Waals surface area (Å²) in [6, 6.07) is 19.7. The Morgan fingerprint density at radius 1 is 1.05 bits per heavy atom. The topological polar surface area (TPSA) is 107 Å². The number of benzene rings is 2. The third kappa shape index (κ3) is 4.63. The van der Waals surface area contributed by atoms with Crippen molar-refractivity contribution in [3.05, 3.63) is 119 Å². The van der Waals surface area contributed by atoms with Crippen LogP contribution in [0.3, 0.4) is 0 Å². The molecule has 0 spiro atoms. The summed E-state index contributed by atoms with van der Waals surface area (Å²) in [6.45, 7) is 6.10. The molecule has 2 heterocycles. The summed E-state index contributed by atoms with van der Waals surface area (Å²) in [6.07, 6.45) is 4.95. The van der Waals surface area contributed by atoms with Gasteiger partial charge in [0.25, 0.3) is 0 Å². The Morgan fingerprint density at radius 2 is 1.78 bits per heavy atom. The number of carbonyl (C=O) groups is 1. The molecule has 3 aromatic rings. The number of rotatable bonds is 4. The first-order valence-corrected chi connectivity index (χ1v) is 12.4. The maximum atomic E-state index is 13.3. The fourth-order valence-electron chi connectivity index (χ4n) is 5.40. The van der Waals surface area contributed by atoms with Crippen LogP contribution in [-0.2, 0) is 11.1 Å². The van der Waals surface area contributed by atoms with Crippen molar-refractivity contribution in [3.8, 4) is 0 Å². The van der Waals surface area contributed by atoms with Crippen molar-refractivity contribution in [2.24, 2.45) is 0 Å². The van der Waals surface area contributed by atoms with E-state index in [1.165, 1.54) is 0 Å². The van der Waals surface area contributed by atoms with Gasteiger partial charge >= 0.3 is 6.03 Å². The number of hydrogen-bond acceptors (Lipinski definition) is 5. The Kier molecular flexibility index (Phi) is 6.35. The first-order chi connectivity index (χ1) is 17.7. The van der Waals surface area contributed by atoms with Crippen LogP contribution < -0.4 is 16.0 Å². The minimum absolute atomic E-state index is 0.210. The van der Waals surface area contributed by atoms with E-state index in [0.717, 1.165) is 22.3 Å². The van der Waals surface area contributed by atoms with E-state index >= 15 is 0 Å². The number of hydrogen-bond donors (Lipinski definition) is 5. The number of nitrogens with zero attached hydrogens (tertiary/aromatic N) is 1. The second kappa shape index (κ2) is 9.50. The molecule has 0 radical (unpaired) electrons. The van der Waals surface area contributed by atoms with E-state index in [4.69, 9.17) is 0 Å². The van der Waals surface area contributed by atoms with Crippen molar-refractivity contribution in [3.63, 3.8) is 0 Å². The van der Waals surface area contributed by atoms with E-state index in [0.29, 0.717) is 17.7 Å². The fourth-order valence-corrected chi connectivity index (χ4v) is 5.40. The second-order valence-corrected chi connectivity index (χ2v) is 10.4. The molecule has 3 atom stereocenters. The van der Waals surface area contributed by atoms with Crippen molar-refractivity contribution in [1.82, 2.24) is 20.9 Å². The van der Waals surface area contributed by atoms with Gasteiger partial charge in [0.05, 0.1) is 17.8 Å². The van der Waals surface area contributed by atoms with E-state index in [2.05, 4.69) is 34.8 Å². The highest BCUT2D eigenvalue weighted by atomic mass is 16.3. The maximum absolute atomic E-state index is 13.3. The van der Waals surface area contributed by atoms with Gasteiger partial charge in [0.2, 0.25) is 5.72 Å². The number of nitrogens with one attached hydrogen (secondary N) is 3. The molecule has 190 valence electrons. The van der Waals surface area contributed by atoms with E-state index in [-0.39, 0.29) is 11.1 Å². The molecule has 7 heteroatoms. The number of carbonyl (C=O) groups excluding carboxylic acids is 1. The van der Waals surface area contributed by atoms with Gasteiger partial charge < -0.3 is 26.2 Å². The van der Waals surface area contributed by atoms with Gasteiger partial charge in [0, 0.05) is 29.2 Å². The molecular formula is C30H32N4O3. The third-order valence-corrected chi connectivity index (χ3v) is 7.26. The number of aromatic nitrogens is 1. The molecule has 1 aromatic heterocycles. The Balaban J connectivity index is 1.47. The molecule has 7 nitrogen and oxygen atoms in total. The molecule has 0 bridgehead atoms. The Hall–Kier alpha value is -3.94. The molecule has 5 rings (SSSR count). The largest absolute Gasteiger partial charge is 0.391 e. The highest BCUT2D eigenvalue weighted by molar-refractivity contribution is 5.79. The van der Waals surface area contributed by atoms with Gasteiger partial charge in [-0.3, -0.25) is 4.98 Å². The van der Waals surface area contributed by atoms with E-state index in [1.54, 1.807) is 30.6 Å². The number of fused-ring (bicyclic) bond motifs is 1. The predicted octanol–water partition coefficient (Wildman–Crippen LogP) is 4.23. The molecule has 0 fully saturated rings. The molecule has 37 heavy (non-hydrogen) atoms. The molecule has 1 aliphatic heterocycles. The second-order valence-electron chi connectivity index (χ2n) is 10.4. The summed E-state index contributed by atoms with van der Waals surface area (Å²) in [4.78, 5) is 17.5. The average molecular weight is 497 g/mol. The fraction of sp³-hybridized carbons (Fsp3) is 0.267. The Morgan fingerprint density at radius 3 is 2.51 bits per heavy atom. The number of urea groups is 1. The van der Waals surface area contributed by atoms with Gasteiger partial charge in [-0.2, -0.15) is 0 Å². The first kappa shape index (κ1) is 24.7. The number of amides is 2. The lowest BCUT2D eigenvalue weighted by Crippen LogP contribution is -2.53. The summed E-state index contributed by atoms with van der Waals surface area (Å²) in [5.74, 6) is 0. The number of pyridine rings is 1. The van der Waals surface area contributed by atoms with E-state index in [1.807, 2.05) is 61.5 Å². The van der Waals surface area contributed by atoms with Crippen LogP contribution >= 0.6 is 0 Å². The first-order valence-electron chi connectivity index (χ1n) is 12.4. The van der Waals surface area contributed by atoms with Crippen LogP contribution in [0.5, 0.6) is 0 Å². The van der Waals surface area contributed by atoms with E-state index in [9.17, 15) is 15.0 Å². The van der Waals surface area contributed by atoms with E-state index < -0.39 is 23.9 Å². The molecule has 1 aliphatic carbocycles. The van der Waals surface area contributed by atoms with Crippen molar-refractivity contribution in [2.45, 2.75) is 50.5 Å². The summed E-state index contributed by atoms with van der Waals surface area (Å²) >= 11 is 0. The Bertz CT molecular complexity index is 1370. The standard InChI is InChI=1S/C30H32N4O3/c1-19-16-25(30(37,21-11-5-4-6-12-21)34-26(19)20-10-9-15-31-18-20)32-28(36)33-27-22-13-7-8-14-23(22)29(2,3)17-24(27)35/h4-16,18,24,27,34-35,37H,17H2,1-3H3,(H2,32,33,36)/t24-,27-,30?/m1/s1. The molecule has 2 aromatic carbocycles. The average Bonchev–Trinajstić information content (AvgIpc) is 2.89. The number of aliphatic hydroxyl groups excluding tert-OH is 1. The van der Waals surface area contributed by atoms with Crippen molar-refractivity contribution >= 4 is 11.7 Å². The maximum Gasteiger partial charge on any atom is 0.319 e. The monoisotopic (exact) mass is 496 g/mol. The molecule has 2 amide bonds. The van der Waals surface area contributed by atoms with Gasteiger partial charge in [0.15, 0.2) is 0 Å². The molecule has 1 unspecified atom stereocenters. The zero-order chi connectivity index (χ0) is 26.2. The van der Waals surface area contributed by atoms with Crippen molar-refractivity contribution in [2.75, 3.05) is 0 Å². The molecule has 5 N–H and O–H groups in total. The van der Waals surface area contributed by atoms with Gasteiger partial charge in [-0.15, -0.1) is 0 Å². The van der Waals surface area contributed by atoms with Crippen LogP contribution in [0.4, 0.5) is 4.79 Å². The highest BCUT2D eigenvalue weighted by Gasteiger charge is 2.41. The smallest absolute Gasteiger partial charge is 0.319 e. The van der Waals surface area contributed by atoms with Gasteiger partial charge in [-0.1, -0.05) is 68.4 Å². The van der Waals surface area contributed by atoms with Crippen LogP contribution in [0.25, 0.3) is 5.70 Å². The summed E-state index contributed by atoms with van der Waals surface area (Å²) in [7, 11) is 0. The van der Waals surface area contributed by atoms with Crippen LogP contribution in [0.1, 0.15) is 55.5 Å². The van der Waals surface area contributed by atoms with Gasteiger partial charge in [0.1, 0.15) is 0 Å². The molecule has 0 saturated carbocycles. The zero-order valence-corrected chi connectivity index (χ0v) is 21.2. The molecular weight excluding hydrogens is 464 g/mol. The van der Waals surface area contributed by atoms with Gasteiger partial charge in [-0.05, 0) is 53.7 Å². The van der Waals surface area contributed by atoms with Crippen molar-refractivity contribution < 1.29 is 15.0 Å². The predicted molar refractivity (Wildman–Crippen MR) is 143 cm³/mol. The lowest BCUT2D eigenvalue weighted by Gasteiger charge is -2.41. The number of dihydropyridines is 1. The SMILES string of the molecule is CC1=C(c2cccnc2)NC(O)(c2ccccc2)C(NC(=O)N[C@@H]2c3ccccc3C(C)(C)C[C@H]2O)=C1. The Labute approximate surface area is 217 Å². The third-order valence-electron chi connectivity index (χ3n) is 7.26. The van der Waals surface area contributed by atoms with Crippen LogP contribution in [0, 0.1) is 0 Å². The van der Waals surface area contributed by atoms with Crippen LogP contribution in [0.15, 0.2) is 96.5 Å². The summed E-state index contributed by atoms with van der Waals surface area (Å²) < 4.78 is 0. The lowest BCUT2D eigenvalue weighted by molar-refractivity contribution is 0.0484. The number of allylic oxidation sites excluding steroid dienone is 2. The normalized spacial score (nSPS) is 24.4. The van der Waals surface area contributed by atoms with Crippen molar-refractivity contribution in [1.29, 1.82) is 0 Å². The quantitative estimate of drug-likeness (QED) is 0.372.